The van der Waals surface area contributed by atoms with Gasteiger partial charge in [-0.15, -0.1) is 12.4 Å². The number of sulfonamides is 1. The molecule has 0 radical (unpaired) electrons. The largest absolute Gasteiger partial charge is 0.379 e. The van der Waals surface area contributed by atoms with Crippen molar-refractivity contribution in [3.63, 3.8) is 0 Å². The number of halogens is 2. The fourth-order valence-electron chi connectivity index (χ4n) is 4.88. The lowest BCUT2D eigenvalue weighted by Gasteiger charge is -2.29. The number of aromatic nitrogens is 1. The fourth-order valence-corrected chi connectivity index (χ4v) is 7.64. The highest BCUT2D eigenvalue weighted by atomic mass is 35.5. The molecule has 39 heavy (non-hydrogen) atoms. The minimum atomic E-state index is -3.58. The Balaban J connectivity index is 0.00000353. The first-order valence-electron chi connectivity index (χ1n) is 13.1. The summed E-state index contributed by atoms with van der Waals surface area (Å²) in [5.41, 5.74) is 1.10. The standard InChI is InChI=1S/C27H33ClN4O4S2.ClH/c1-20-10-14-31(15-11-20)38(34,35)22-8-6-21(7-9-22)26(33)32(13-3-12-30-16-18-36-19-17-30)27-29-25-23(28)4-2-5-24(25)37-27;/h2,4-9,20H,3,10-19H2,1H3;1H. The molecule has 2 aliphatic rings. The van der Waals surface area contributed by atoms with Crippen LogP contribution in [0.1, 0.15) is 36.5 Å². The number of anilines is 1. The number of piperidine rings is 1. The van der Waals surface area contributed by atoms with Crippen LogP contribution in [-0.2, 0) is 14.8 Å². The molecule has 3 heterocycles. The Morgan fingerprint density at radius 3 is 2.46 bits per heavy atom. The second-order valence-electron chi connectivity index (χ2n) is 9.96. The molecule has 0 atom stereocenters. The van der Waals surface area contributed by atoms with Crippen LogP contribution in [0.5, 0.6) is 0 Å². The molecule has 12 heteroatoms. The van der Waals surface area contributed by atoms with Gasteiger partial charge in [-0.25, -0.2) is 13.4 Å². The summed E-state index contributed by atoms with van der Waals surface area (Å²) in [4.78, 5) is 22.7. The van der Waals surface area contributed by atoms with E-state index in [-0.39, 0.29) is 23.2 Å². The third-order valence-electron chi connectivity index (χ3n) is 7.28. The number of thiazole rings is 1. The van der Waals surface area contributed by atoms with Gasteiger partial charge in [0.05, 0.1) is 27.8 Å². The summed E-state index contributed by atoms with van der Waals surface area (Å²) in [6, 6.07) is 11.9. The highest BCUT2D eigenvalue weighted by Crippen LogP contribution is 2.34. The van der Waals surface area contributed by atoms with E-state index >= 15 is 0 Å². The van der Waals surface area contributed by atoms with Crippen molar-refractivity contribution >= 4 is 66.6 Å². The summed E-state index contributed by atoms with van der Waals surface area (Å²) < 4.78 is 34.2. The summed E-state index contributed by atoms with van der Waals surface area (Å²) in [5, 5.41) is 1.13. The number of benzene rings is 2. The van der Waals surface area contributed by atoms with Crippen molar-refractivity contribution in [2.75, 3.05) is 57.4 Å². The molecular formula is C27H34Cl2N4O4S2. The molecule has 212 valence electrons. The predicted octanol–water partition coefficient (Wildman–Crippen LogP) is 5.16. The molecule has 1 amide bonds. The smallest absolute Gasteiger partial charge is 0.260 e. The Morgan fingerprint density at radius 1 is 1.10 bits per heavy atom. The molecule has 0 N–H and O–H groups in total. The zero-order chi connectivity index (χ0) is 26.7. The Kier molecular flexibility index (Phi) is 10.3. The Labute approximate surface area is 245 Å². The van der Waals surface area contributed by atoms with Crippen molar-refractivity contribution < 1.29 is 17.9 Å². The zero-order valence-corrected chi connectivity index (χ0v) is 25.1. The van der Waals surface area contributed by atoms with Crippen LogP contribution in [0.15, 0.2) is 47.4 Å². The van der Waals surface area contributed by atoms with Gasteiger partial charge < -0.3 is 4.74 Å². The molecule has 0 spiro atoms. The van der Waals surface area contributed by atoms with Gasteiger partial charge in [-0.1, -0.05) is 35.9 Å². The van der Waals surface area contributed by atoms with E-state index in [9.17, 15) is 13.2 Å². The molecule has 8 nitrogen and oxygen atoms in total. The predicted molar refractivity (Wildman–Crippen MR) is 159 cm³/mol. The molecule has 2 aliphatic heterocycles. The SMILES string of the molecule is CC1CCN(S(=O)(=O)c2ccc(C(=O)N(CCCN3CCOCC3)c3nc4c(Cl)cccc4s3)cc2)CC1.Cl. The number of rotatable bonds is 8. The van der Waals surface area contributed by atoms with Gasteiger partial charge >= 0.3 is 0 Å². The van der Waals surface area contributed by atoms with Crippen LogP contribution in [0.4, 0.5) is 5.13 Å². The average Bonchev–Trinajstić information content (AvgIpc) is 3.37. The normalized spacial score (nSPS) is 17.7. The third-order valence-corrected chi connectivity index (χ3v) is 10.5. The molecule has 1 aromatic heterocycles. The lowest BCUT2D eigenvalue weighted by Crippen LogP contribution is -2.39. The fraction of sp³-hybridized carbons (Fsp3) is 0.481. The van der Waals surface area contributed by atoms with E-state index in [2.05, 4.69) is 11.8 Å². The molecule has 5 rings (SSSR count). The summed E-state index contributed by atoms with van der Waals surface area (Å²) >= 11 is 7.80. The van der Waals surface area contributed by atoms with Gasteiger partial charge in [0.15, 0.2) is 5.13 Å². The van der Waals surface area contributed by atoms with Crippen molar-refractivity contribution in [3.05, 3.63) is 53.1 Å². The summed E-state index contributed by atoms with van der Waals surface area (Å²) in [6.07, 6.45) is 2.50. The van der Waals surface area contributed by atoms with Crippen LogP contribution in [0, 0.1) is 5.92 Å². The Hall–Kier alpha value is -1.79. The van der Waals surface area contributed by atoms with Crippen LogP contribution in [-0.4, -0.2) is 81.0 Å². The first-order valence-corrected chi connectivity index (χ1v) is 15.7. The van der Waals surface area contributed by atoms with E-state index in [1.165, 1.54) is 11.3 Å². The molecule has 2 fully saturated rings. The molecular weight excluding hydrogens is 579 g/mol. The van der Waals surface area contributed by atoms with Gasteiger partial charge in [0.1, 0.15) is 5.52 Å². The first-order chi connectivity index (χ1) is 18.3. The van der Waals surface area contributed by atoms with E-state index < -0.39 is 10.0 Å². The number of para-hydroxylation sites is 1. The van der Waals surface area contributed by atoms with Gasteiger partial charge in [0.2, 0.25) is 10.0 Å². The molecule has 0 bridgehead atoms. The number of amides is 1. The van der Waals surface area contributed by atoms with Crippen molar-refractivity contribution in [3.8, 4) is 0 Å². The van der Waals surface area contributed by atoms with Gasteiger partial charge in [0.25, 0.3) is 5.91 Å². The van der Waals surface area contributed by atoms with Crippen molar-refractivity contribution in [1.82, 2.24) is 14.2 Å². The number of hydrogen-bond acceptors (Lipinski definition) is 7. The number of fused-ring (bicyclic) bond motifs is 1. The second kappa shape index (κ2) is 13.2. The van der Waals surface area contributed by atoms with Crippen molar-refractivity contribution in [1.29, 1.82) is 0 Å². The zero-order valence-electron chi connectivity index (χ0n) is 21.9. The number of carbonyl (C=O) groups is 1. The molecule has 0 aliphatic carbocycles. The van der Waals surface area contributed by atoms with Crippen LogP contribution in [0.3, 0.4) is 0 Å². The highest BCUT2D eigenvalue weighted by Gasteiger charge is 2.29. The first kappa shape index (κ1) is 30.2. The topological polar surface area (TPSA) is 83.1 Å². The lowest BCUT2D eigenvalue weighted by molar-refractivity contribution is 0.0376. The average molecular weight is 614 g/mol. The Morgan fingerprint density at radius 2 is 1.79 bits per heavy atom. The molecule has 2 aromatic carbocycles. The number of hydrogen-bond donors (Lipinski definition) is 0. The minimum Gasteiger partial charge on any atom is -0.379 e. The molecule has 2 saturated heterocycles. The van der Waals surface area contributed by atoms with Crippen LogP contribution < -0.4 is 4.90 Å². The third kappa shape index (κ3) is 6.93. The maximum Gasteiger partial charge on any atom is 0.260 e. The highest BCUT2D eigenvalue weighted by molar-refractivity contribution is 7.89. The summed E-state index contributed by atoms with van der Waals surface area (Å²) in [7, 11) is -3.58. The van der Waals surface area contributed by atoms with Crippen LogP contribution in [0.2, 0.25) is 5.02 Å². The second-order valence-corrected chi connectivity index (χ2v) is 13.3. The quantitative estimate of drug-likeness (QED) is 0.349. The van der Waals surface area contributed by atoms with Crippen molar-refractivity contribution in [2.24, 2.45) is 5.92 Å². The minimum absolute atomic E-state index is 0. The van der Waals surface area contributed by atoms with Gasteiger partial charge in [-0.3, -0.25) is 14.6 Å². The number of carbonyl (C=O) groups excluding carboxylic acids is 1. The lowest BCUT2D eigenvalue weighted by atomic mass is 10.0. The van der Waals surface area contributed by atoms with E-state index in [0.717, 1.165) is 56.8 Å². The summed E-state index contributed by atoms with van der Waals surface area (Å²) in [6.45, 7) is 7.77. The molecule has 0 saturated carbocycles. The van der Waals surface area contributed by atoms with Crippen LogP contribution >= 0.6 is 35.3 Å². The summed E-state index contributed by atoms with van der Waals surface area (Å²) in [5.74, 6) is 0.325. The van der Waals surface area contributed by atoms with Gasteiger partial charge in [-0.05, 0) is 61.6 Å². The monoisotopic (exact) mass is 612 g/mol. The van der Waals surface area contributed by atoms with Gasteiger partial charge in [0, 0.05) is 44.8 Å². The van der Waals surface area contributed by atoms with E-state index in [1.807, 2.05) is 12.1 Å². The van der Waals surface area contributed by atoms with Gasteiger partial charge in [-0.2, -0.15) is 4.31 Å². The van der Waals surface area contributed by atoms with E-state index in [4.69, 9.17) is 21.3 Å². The maximum absolute atomic E-state index is 13.8. The van der Waals surface area contributed by atoms with E-state index in [0.29, 0.717) is 46.8 Å². The number of ether oxygens (including phenoxy) is 1. The number of morpholine rings is 1. The Bertz CT molecular complexity index is 1370. The van der Waals surface area contributed by atoms with Crippen LogP contribution in [0.25, 0.3) is 10.2 Å². The molecule has 3 aromatic rings. The number of nitrogens with zero attached hydrogens (tertiary/aromatic N) is 4. The van der Waals surface area contributed by atoms with E-state index in [1.54, 1.807) is 39.5 Å². The van der Waals surface area contributed by atoms with Crippen molar-refractivity contribution in [2.45, 2.75) is 31.1 Å². The molecule has 0 unspecified atom stereocenters. The maximum atomic E-state index is 13.8.